The van der Waals surface area contributed by atoms with E-state index in [1.807, 2.05) is 6.92 Å². The molecule has 0 saturated carbocycles. The number of ether oxygens (including phenoxy) is 1. The predicted molar refractivity (Wildman–Crippen MR) is 69.5 cm³/mol. The molecule has 5 heteroatoms. The van der Waals surface area contributed by atoms with Crippen molar-refractivity contribution < 1.29 is 24.5 Å². The Bertz CT molecular complexity index is 453. The third-order valence-electron chi connectivity index (χ3n) is 2.66. The van der Waals surface area contributed by atoms with Crippen molar-refractivity contribution in [1.82, 2.24) is 0 Å². The second-order valence-corrected chi connectivity index (χ2v) is 4.24. The Kier molecular flexibility index (Phi) is 5.85. The molecule has 0 atom stereocenters. The normalized spacial score (nSPS) is 10.2. The Balaban J connectivity index is 2.99. The van der Waals surface area contributed by atoms with Gasteiger partial charge in [0.1, 0.15) is 5.75 Å². The lowest BCUT2D eigenvalue weighted by Crippen LogP contribution is -2.10. The number of carboxylic acid groups (broad SMARTS) is 2. The van der Waals surface area contributed by atoms with Crippen LogP contribution in [-0.4, -0.2) is 28.8 Å². The lowest BCUT2D eigenvalue weighted by molar-refractivity contribution is -0.137. The Hall–Kier alpha value is -2.04. The van der Waals surface area contributed by atoms with Crippen molar-refractivity contribution in [2.75, 3.05) is 6.61 Å². The van der Waals surface area contributed by atoms with Gasteiger partial charge in [-0.3, -0.25) is 9.59 Å². The van der Waals surface area contributed by atoms with Crippen LogP contribution in [0.1, 0.15) is 30.9 Å². The maximum Gasteiger partial charge on any atom is 0.307 e. The topological polar surface area (TPSA) is 83.8 Å². The standard InChI is InChI=1S/C14H18O5/c1-2-3-7-19-12-6-4-5-10(8-13(15)16)11(12)9-14(17)18/h4-6H,2-3,7-9H2,1H3,(H,15,16)(H,17,18). The van der Waals surface area contributed by atoms with Crippen LogP contribution in [0.4, 0.5) is 0 Å². The first-order valence-corrected chi connectivity index (χ1v) is 6.21. The van der Waals surface area contributed by atoms with E-state index >= 15 is 0 Å². The van der Waals surface area contributed by atoms with E-state index in [4.69, 9.17) is 14.9 Å². The molecule has 0 amide bonds. The van der Waals surface area contributed by atoms with Gasteiger partial charge in [0.15, 0.2) is 0 Å². The molecule has 0 saturated heterocycles. The molecule has 1 aromatic rings. The van der Waals surface area contributed by atoms with E-state index in [9.17, 15) is 9.59 Å². The molecule has 0 aromatic heterocycles. The van der Waals surface area contributed by atoms with Crippen LogP contribution in [-0.2, 0) is 22.4 Å². The SMILES string of the molecule is CCCCOc1cccc(CC(=O)O)c1CC(=O)O. The van der Waals surface area contributed by atoms with Crippen LogP contribution in [0.2, 0.25) is 0 Å². The third kappa shape index (κ3) is 4.99. The minimum atomic E-state index is -1.00. The van der Waals surface area contributed by atoms with E-state index in [-0.39, 0.29) is 12.8 Å². The maximum absolute atomic E-state index is 10.9. The first-order valence-electron chi connectivity index (χ1n) is 6.21. The molecule has 0 unspecified atom stereocenters. The van der Waals surface area contributed by atoms with Gasteiger partial charge in [0.2, 0.25) is 0 Å². The average molecular weight is 266 g/mol. The quantitative estimate of drug-likeness (QED) is 0.704. The highest BCUT2D eigenvalue weighted by atomic mass is 16.5. The van der Waals surface area contributed by atoms with Crippen molar-refractivity contribution in [3.8, 4) is 5.75 Å². The lowest BCUT2D eigenvalue weighted by atomic mass is 10.0. The minimum absolute atomic E-state index is 0.201. The van der Waals surface area contributed by atoms with Crippen LogP contribution in [0.15, 0.2) is 18.2 Å². The molecule has 0 fully saturated rings. The van der Waals surface area contributed by atoms with Crippen LogP contribution >= 0.6 is 0 Å². The zero-order valence-corrected chi connectivity index (χ0v) is 10.9. The van der Waals surface area contributed by atoms with E-state index in [2.05, 4.69) is 0 Å². The minimum Gasteiger partial charge on any atom is -0.493 e. The largest absolute Gasteiger partial charge is 0.493 e. The van der Waals surface area contributed by atoms with E-state index in [0.29, 0.717) is 23.5 Å². The van der Waals surface area contributed by atoms with Gasteiger partial charge in [-0.15, -0.1) is 0 Å². The highest BCUT2D eigenvalue weighted by molar-refractivity contribution is 5.75. The molecule has 1 aromatic carbocycles. The lowest BCUT2D eigenvalue weighted by Gasteiger charge is -2.13. The Morgan fingerprint density at radius 2 is 1.84 bits per heavy atom. The van der Waals surface area contributed by atoms with Gasteiger partial charge in [-0.05, 0) is 18.1 Å². The van der Waals surface area contributed by atoms with Crippen LogP contribution in [0.25, 0.3) is 0 Å². The first kappa shape index (κ1) is 15.0. The van der Waals surface area contributed by atoms with Crippen molar-refractivity contribution in [2.24, 2.45) is 0 Å². The Morgan fingerprint density at radius 3 is 2.42 bits per heavy atom. The summed E-state index contributed by atoms with van der Waals surface area (Å²) in [4.78, 5) is 21.7. The van der Waals surface area contributed by atoms with Crippen LogP contribution in [0.5, 0.6) is 5.75 Å². The zero-order valence-electron chi connectivity index (χ0n) is 10.9. The summed E-state index contributed by atoms with van der Waals surface area (Å²) in [5.74, 6) is -1.52. The van der Waals surface area contributed by atoms with Gasteiger partial charge >= 0.3 is 11.9 Å². The van der Waals surface area contributed by atoms with Crippen LogP contribution in [0, 0.1) is 0 Å². The summed E-state index contributed by atoms with van der Waals surface area (Å²) in [7, 11) is 0. The molecule has 0 spiro atoms. The molecular formula is C14H18O5. The Morgan fingerprint density at radius 1 is 1.16 bits per heavy atom. The number of carbonyl (C=O) groups is 2. The smallest absolute Gasteiger partial charge is 0.307 e. The second-order valence-electron chi connectivity index (χ2n) is 4.24. The molecule has 104 valence electrons. The number of hydrogen-bond acceptors (Lipinski definition) is 3. The van der Waals surface area contributed by atoms with Gasteiger partial charge in [0, 0.05) is 5.56 Å². The molecule has 0 aliphatic rings. The average Bonchev–Trinajstić information content (AvgIpc) is 2.32. The van der Waals surface area contributed by atoms with Gasteiger partial charge < -0.3 is 14.9 Å². The highest BCUT2D eigenvalue weighted by Gasteiger charge is 2.15. The molecule has 0 heterocycles. The van der Waals surface area contributed by atoms with E-state index in [1.165, 1.54) is 0 Å². The first-order chi connectivity index (χ1) is 9.04. The fourth-order valence-electron chi connectivity index (χ4n) is 1.75. The van der Waals surface area contributed by atoms with E-state index in [1.54, 1.807) is 18.2 Å². The third-order valence-corrected chi connectivity index (χ3v) is 2.66. The van der Waals surface area contributed by atoms with Gasteiger partial charge in [-0.1, -0.05) is 25.5 Å². The molecule has 19 heavy (non-hydrogen) atoms. The van der Waals surface area contributed by atoms with Gasteiger partial charge in [-0.25, -0.2) is 0 Å². The second kappa shape index (κ2) is 7.41. The van der Waals surface area contributed by atoms with E-state index in [0.717, 1.165) is 12.8 Å². The van der Waals surface area contributed by atoms with Crippen molar-refractivity contribution in [3.05, 3.63) is 29.3 Å². The fraction of sp³-hybridized carbons (Fsp3) is 0.429. The van der Waals surface area contributed by atoms with Crippen molar-refractivity contribution in [2.45, 2.75) is 32.6 Å². The zero-order chi connectivity index (χ0) is 14.3. The number of benzene rings is 1. The molecule has 0 aliphatic heterocycles. The molecular weight excluding hydrogens is 248 g/mol. The Labute approximate surface area is 111 Å². The summed E-state index contributed by atoms with van der Waals surface area (Å²) >= 11 is 0. The summed E-state index contributed by atoms with van der Waals surface area (Å²) in [5, 5.41) is 17.8. The molecule has 2 N–H and O–H groups in total. The summed E-state index contributed by atoms with van der Waals surface area (Å²) in [6.07, 6.45) is 1.41. The number of hydrogen-bond donors (Lipinski definition) is 2. The maximum atomic E-state index is 10.9. The number of rotatable bonds is 8. The summed E-state index contributed by atoms with van der Waals surface area (Å²) in [6.45, 7) is 2.53. The number of carboxylic acids is 2. The molecule has 5 nitrogen and oxygen atoms in total. The summed E-state index contributed by atoms with van der Waals surface area (Å²) in [5.41, 5.74) is 0.942. The molecule has 0 bridgehead atoms. The predicted octanol–water partition coefficient (Wildman–Crippen LogP) is 2.12. The van der Waals surface area contributed by atoms with Crippen LogP contribution < -0.4 is 4.74 Å². The van der Waals surface area contributed by atoms with Crippen molar-refractivity contribution >= 4 is 11.9 Å². The monoisotopic (exact) mass is 266 g/mol. The van der Waals surface area contributed by atoms with Gasteiger partial charge in [-0.2, -0.15) is 0 Å². The van der Waals surface area contributed by atoms with Crippen molar-refractivity contribution in [3.63, 3.8) is 0 Å². The fourth-order valence-corrected chi connectivity index (χ4v) is 1.75. The van der Waals surface area contributed by atoms with Gasteiger partial charge in [0.05, 0.1) is 19.4 Å². The van der Waals surface area contributed by atoms with E-state index < -0.39 is 11.9 Å². The number of unbranched alkanes of at least 4 members (excludes halogenated alkanes) is 1. The van der Waals surface area contributed by atoms with Crippen LogP contribution in [0.3, 0.4) is 0 Å². The number of aliphatic carboxylic acids is 2. The summed E-state index contributed by atoms with van der Waals surface area (Å²) < 4.78 is 5.54. The molecule has 0 radical (unpaired) electrons. The molecule has 1 rings (SSSR count). The molecule has 0 aliphatic carbocycles. The highest BCUT2D eigenvalue weighted by Crippen LogP contribution is 2.24. The summed E-state index contributed by atoms with van der Waals surface area (Å²) in [6, 6.07) is 4.99. The van der Waals surface area contributed by atoms with Crippen molar-refractivity contribution in [1.29, 1.82) is 0 Å². The van der Waals surface area contributed by atoms with Gasteiger partial charge in [0.25, 0.3) is 0 Å².